The predicted octanol–water partition coefficient (Wildman–Crippen LogP) is 4.41. The Hall–Kier alpha value is -2.71. The van der Waals surface area contributed by atoms with Gasteiger partial charge in [0.1, 0.15) is 11.4 Å². The van der Waals surface area contributed by atoms with Gasteiger partial charge in [0.15, 0.2) is 0 Å². The topological polar surface area (TPSA) is 67.7 Å². The molecule has 0 N–H and O–H groups in total. The number of ether oxygens (including phenoxy) is 1. The molecule has 0 saturated carbocycles. The van der Waals surface area contributed by atoms with Crippen LogP contribution in [0.5, 0.6) is 0 Å². The maximum atomic E-state index is 13.0. The van der Waals surface area contributed by atoms with E-state index in [0.717, 1.165) is 34.6 Å². The first kappa shape index (κ1) is 24.9. The molecule has 1 fully saturated rings. The van der Waals surface area contributed by atoms with Crippen molar-refractivity contribution in [2.75, 3.05) is 38.7 Å². The molecule has 0 spiro atoms. The van der Waals surface area contributed by atoms with Crippen LogP contribution in [0.3, 0.4) is 0 Å². The van der Waals surface area contributed by atoms with Crippen molar-refractivity contribution in [2.45, 2.75) is 33.7 Å². The SMILES string of the molecule is CC.CCOC(=O)c1cn(-c2ccc(N3CC(N(C)C)C3)nc2)c2cc(Br)c(C)cc2c1=O. The number of aromatic nitrogens is 2. The van der Waals surface area contributed by atoms with Gasteiger partial charge in [-0.05, 0) is 57.8 Å². The predicted molar refractivity (Wildman–Crippen MR) is 137 cm³/mol. The maximum Gasteiger partial charge on any atom is 0.343 e. The lowest BCUT2D eigenvalue weighted by Gasteiger charge is -2.43. The molecule has 3 aromatic rings. The Morgan fingerprint density at radius 2 is 1.94 bits per heavy atom. The lowest BCUT2D eigenvalue weighted by atomic mass is 10.1. The van der Waals surface area contributed by atoms with Crippen molar-refractivity contribution >= 4 is 38.6 Å². The lowest BCUT2D eigenvalue weighted by molar-refractivity contribution is 0.0524. The number of anilines is 1. The molecule has 176 valence electrons. The van der Waals surface area contributed by atoms with Gasteiger partial charge in [-0.15, -0.1) is 0 Å². The monoisotopic (exact) mass is 514 g/mol. The van der Waals surface area contributed by atoms with Crippen LogP contribution in [-0.4, -0.2) is 60.3 Å². The molecular weight excluding hydrogens is 484 g/mol. The van der Waals surface area contributed by atoms with Crippen LogP contribution in [0.4, 0.5) is 5.82 Å². The normalized spacial score (nSPS) is 13.5. The molecule has 7 nitrogen and oxygen atoms in total. The quantitative estimate of drug-likeness (QED) is 0.469. The second-order valence-electron chi connectivity index (χ2n) is 7.98. The van der Waals surface area contributed by atoms with Crippen molar-refractivity contribution in [2.24, 2.45) is 0 Å². The lowest BCUT2D eigenvalue weighted by Crippen LogP contribution is -2.57. The number of halogens is 1. The zero-order valence-electron chi connectivity index (χ0n) is 20.1. The van der Waals surface area contributed by atoms with E-state index in [9.17, 15) is 9.59 Å². The summed E-state index contributed by atoms with van der Waals surface area (Å²) in [4.78, 5) is 34.5. The van der Waals surface area contributed by atoms with Crippen LogP contribution >= 0.6 is 15.9 Å². The first-order valence-corrected chi connectivity index (χ1v) is 12.0. The third kappa shape index (κ3) is 4.96. The molecule has 0 atom stereocenters. The third-order valence-electron chi connectivity index (χ3n) is 5.71. The first-order chi connectivity index (χ1) is 15.8. The number of carbonyl (C=O) groups excluding carboxylic acids is 1. The Balaban J connectivity index is 0.00000149. The molecule has 33 heavy (non-hydrogen) atoms. The van der Waals surface area contributed by atoms with Crippen LogP contribution in [0.1, 0.15) is 36.7 Å². The summed E-state index contributed by atoms with van der Waals surface area (Å²) in [6, 6.07) is 8.16. The summed E-state index contributed by atoms with van der Waals surface area (Å²) in [5, 5.41) is 0.465. The Kier molecular flexibility index (Phi) is 7.92. The van der Waals surface area contributed by atoms with Crippen LogP contribution in [-0.2, 0) is 4.74 Å². The molecule has 0 amide bonds. The molecule has 2 aromatic heterocycles. The number of rotatable bonds is 5. The smallest absolute Gasteiger partial charge is 0.343 e. The molecular formula is C25H31BrN4O3. The number of nitrogens with zero attached hydrogens (tertiary/aromatic N) is 4. The summed E-state index contributed by atoms with van der Waals surface area (Å²) < 4.78 is 7.82. The number of pyridine rings is 2. The van der Waals surface area contributed by atoms with Gasteiger partial charge in [-0.1, -0.05) is 29.8 Å². The molecule has 0 bridgehead atoms. The van der Waals surface area contributed by atoms with E-state index in [1.165, 1.54) is 0 Å². The van der Waals surface area contributed by atoms with E-state index in [2.05, 4.69) is 44.8 Å². The highest BCUT2D eigenvalue weighted by molar-refractivity contribution is 9.10. The summed E-state index contributed by atoms with van der Waals surface area (Å²) in [5.41, 5.74) is 2.05. The van der Waals surface area contributed by atoms with E-state index >= 15 is 0 Å². The average Bonchev–Trinajstić information content (AvgIpc) is 2.76. The minimum absolute atomic E-state index is 0.0108. The molecule has 1 aliphatic heterocycles. The van der Waals surface area contributed by atoms with Crippen molar-refractivity contribution in [3.8, 4) is 5.69 Å². The number of hydrogen-bond donors (Lipinski definition) is 0. The summed E-state index contributed by atoms with van der Waals surface area (Å²) in [6.45, 7) is 9.72. The van der Waals surface area contributed by atoms with Gasteiger partial charge in [-0.25, -0.2) is 9.78 Å². The Labute approximate surface area is 203 Å². The highest BCUT2D eigenvalue weighted by Gasteiger charge is 2.29. The van der Waals surface area contributed by atoms with Crippen LogP contribution in [0.15, 0.2) is 45.9 Å². The van der Waals surface area contributed by atoms with Crippen LogP contribution < -0.4 is 10.3 Å². The number of carbonyl (C=O) groups is 1. The van der Waals surface area contributed by atoms with Crippen LogP contribution in [0, 0.1) is 6.92 Å². The number of hydrogen-bond acceptors (Lipinski definition) is 6. The van der Waals surface area contributed by atoms with Crippen molar-refractivity contribution in [1.29, 1.82) is 0 Å². The number of benzene rings is 1. The van der Waals surface area contributed by atoms with Gasteiger partial charge in [0.2, 0.25) is 5.43 Å². The molecule has 3 heterocycles. The second kappa shape index (κ2) is 10.5. The molecule has 0 aliphatic carbocycles. The number of aryl methyl sites for hydroxylation is 1. The summed E-state index contributed by atoms with van der Waals surface area (Å²) in [7, 11) is 4.17. The fraction of sp³-hybridized carbons (Fsp3) is 0.400. The molecule has 4 rings (SSSR count). The van der Waals surface area contributed by atoms with Gasteiger partial charge in [-0.2, -0.15) is 0 Å². The molecule has 1 aromatic carbocycles. The summed E-state index contributed by atoms with van der Waals surface area (Å²) in [5.74, 6) is 0.290. The molecule has 1 aliphatic rings. The van der Waals surface area contributed by atoms with Crippen molar-refractivity contribution in [1.82, 2.24) is 14.5 Å². The van der Waals surface area contributed by atoms with E-state index in [-0.39, 0.29) is 17.6 Å². The summed E-state index contributed by atoms with van der Waals surface area (Å²) >= 11 is 3.55. The third-order valence-corrected chi connectivity index (χ3v) is 6.56. The van der Waals surface area contributed by atoms with Crippen molar-refractivity contribution in [3.63, 3.8) is 0 Å². The zero-order valence-corrected chi connectivity index (χ0v) is 21.6. The average molecular weight is 515 g/mol. The largest absolute Gasteiger partial charge is 0.462 e. The zero-order chi connectivity index (χ0) is 24.3. The van der Waals surface area contributed by atoms with E-state index in [4.69, 9.17) is 4.74 Å². The van der Waals surface area contributed by atoms with E-state index in [0.29, 0.717) is 16.9 Å². The summed E-state index contributed by atoms with van der Waals surface area (Å²) in [6.07, 6.45) is 3.32. The van der Waals surface area contributed by atoms with Gasteiger partial charge in [0, 0.05) is 35.2 Å². The number of likely N-dealkylation sites (N-methyl/N-ethyl adjacent to an activating group) is 1. The van der Waals surface area contributed by atoms with Gasteiger partial charge in [-0.3, -0.25) is 4.79 Å². The van der Waals surface area contributed by atoms with E-state index in [1.54, 1.807) is 25.4 Å². The van der Waals surface area contributed by atoms with Gasteiger partial charge in [0.25, 0.3) is 0 Å². The van der Waals surface area contributed by atoms with E-state index < -0.39 is 5.97 Å². The standard InChI is InChI=1S/C23H25BrN4O3.C2H6/c1-5-31-23(30)18-13-28(20-9-19(24)14(2)8-17(20)22(18)29)15-6-7-21(25-10-15)27-11-16(12-27)26(3)4;1-2/h6-10,13,16H,5,11-12H2,1-4H3;1-2H3. The minimum atomic E-state index is -0.622. The Morgan fingerprint density at radius 3 is 2.52 bits per heavy atom. The molecule has 0 radical (unpaired) electrons. The minimum Gasteiger partial charge on any atom is -0.462 e. The fourth-order valence-electron chi connectivity index (χ4n) is 3.70. The maximum absolute atomic E-state index is 13.0. The fourth-order valence-corrected chi connectivity index (χ4v) is 4.03. The molecule has 1 saturated heterocycles. The van der Waals surface area contributed by atoms with Gasteiger partial charge in [0.05, 0.1) is 24.0 Å². The van der Waals surface area contributed by atoms with Crippen LogP contribution in [0.25, 0.3) is 16.6 Å². The Morgan fingerprint density at radius 1 is 1.24 bits per heavy atom. The van der Waals surface area contributed by atoms with Gasteiger partial charge < -0.3 is 19.1 Å². The highest BCUT2D eigenvalue weighted by atomic mass is 79.9. The highest BCUT2D eigenvalue weighted by Crippen LogP contribution is 2.26. The first-order valence-electron chi connectivity index (χ1n) is 11.2. The van der Waals surface area contributed by atoms with Gasteiger partial charge >= 0.3 is 5.97 Å². The molecule has 8 heteroatoms. The second-order valence-corrected chi connectivity index (χ2v) is 8.83. The van der Waals surface area contributed by atoms with Crippen molar-refractivity contribution < 1.29 is 9.53 Å². The number of fused-ring (bicyclic) bond motifs is 1. The van der Waals surface area contributed by atoms with Crippen LogP contribution in [0.2, 0.25) is 0 Å². The van der Waals surface area contributed by atoms with E-state index in [1.807, 2.05) is 43.5 Å². The molecule has 0 unspecified atom stereocenters. The Bertz CT molecular complexity index is 1200. The number of esters is 1. The van der Waals surface area contributed by atoms with Crippen molar-refractivity contribution in [3.05, 3.63) is 62.5 Å².